The first-order chi connectivity index (χ1) is 9.97. The van der Waals surface area contributed by atoms with E-state index in [-0.39, 0.29) is 11.8 Å². The Morgan fingerprint density at radius 3 is 2.57 bits per heavy atom. The van der Waals surface area contributed by atoms with E-state index in [1.165, 1.54) is 0 Å². The second-order valence-corrected chi connectivity index (χ2v) is 6.66. The third-order valence-electron chi connectivity index (χ3n) is 4.04. The highest BCUT2D eigenvalue weighted by Gasteiger charge is 2.39. The average Bonchev–Trinajstić information content (AvgIpc) is 3.10. The summed E-state index contributed by atoms with van der Waals surface area (Å²) in [4.78, 5) is 12.2. The lowest BCUT2D eigenvalue weighted by Crippen LogP contribution is -2.17. The number of anilines is 1. The van der Waals surface area contributed by atoms with Gasteiger partial charge in [-0.1, -0.05) is 35.0 Å². The fraction of sp³-hybridized carbons (Fsp3) is 0.375. The minimum atomic E-state index is 0.101. The molecule has 1 amide bonds. The Bertz CT molecular complexity index is 690. The molecule has 110 valence electrons. The maximum absolute atomic E-state index is 12.2. The minimum absolute atomic E-state index is 0.101. The van der Waals surface area contributed by atoms with Crippen molar-refractivity contribution in [2.75, 3.05) is 5.32 Å². The average molecular weight is 348 g/mol. The summed E-state index contributed by atoms with van der Waals surface area (Å²) in [5, 5.41) is 7.51. The number of benzene rings is 1. The summed E-state index contributed by atoms with van der Waals surface area (Å²) < 4.78 is 2.78. The Hall–Kier alpha value is -1.62. The topological polar surface area (TPSA) is 46.9 Å². The number of carbonyl (C=O) groups excluding carboxylic acids is 1. The lowest BCUT2D eigenvalue weighted by atomic mass is 10.1. The molecule has 21 heavy (non-hydrogen) atoms. The molecule has 4 nitrogen and oxygen atoms in total. The predicted octanol–water partition coefficient (Wildman–Crippen LogP) is 3.75. The molecular weight excluding hydrogens is 330 g/mol. The smallest absolute Gasteiger partial charge is 0.228 e. The molecule has 0 spiro atoms. The number of amides is 1. The van der Waals surface area contributed by atoms with Crippen LogP contribution in [0.2, 0.25) is 0 Å². The van der Waals surface area contributed by atoms with Gasteiger partial charge in [-0.25, -0.2) is 0 Å². The highest BCUT2D eigenvalue weighted by atomic mass is 79.9. The number of nitrogens with zero attached hydrogens (tertiary/aromatic N) is 2. The third kappa shape index (κ3) is 2.75. The molecule has 1 heterocycles. The summed E-state index contributed by atoms with van der Waals surface area (Å²) in [6.07, 6.45) is 0.982. The number of carbonyl (C=O) groups is 1. The summed E-state index contributed by atoms with van der Waals surface area (Å²) in [7, 11) is 1.86. The Balaban J connectivity index is 1.96. The second kappa shape index (κ2) is 5.30. The molecule has 1 saturated carbocycles. The summed E-state index contributed by atoms with van der Waals surface area (Å²) in [5.41, 5.74) is 2.97. The number of hydrogen-bond acceptors (Lipinski definition) is 2. The first-order valence-corrected chi connectivity index (χ1v) is 7.87. The van der Waals surface area contributed by atoms with E-state index < -0.39 is 0 Å². The van der Waals surface area contributed by atoms with Crippen molar-refractivity contribution in [3.63, 3.8) is 0 Å². The molecule has 2 atom stereocenters. The molecule has 0 aliphatic heterocycles. The summed E-state index contributed by atoms with van der Waals surface area (Å²) >= 11 is 3.44. The normalized spacial score (nSPS) is 20.4. The molecule has 1 aliphatic rings. The molecule has 1 aliphatic carbocycles. The fourth-order valence-corrected chi connectivity index (χ4v) is 2.92. The molecule has 1 fully saturated rings. The lowest BCUT2D eigenvalue weighted by molar-refractivity contribution is -0.117. The van der Waals surface area contributed by atoms with E-state index in [0.717, 1.165) is 33.5 Å². The van der Waals surface area contributed by atoms with E-state index in [1.807, 2.05) is 38.2 Å². The zero-order valence-electron chi connectivity index (χ0n) is 12.4. The number of aromatic nitrogens is 2. The second-order valence-electron chi connectivity index (χ2n) is 5.75. The van der Waals surface area contributed by atoms with Crippen molar-refractivity contribution in [2.45, 2.75) is 20.3 Å². The van der Waals surface area contributed by atoms with Gasteiger partial charge in [0.05, 0.1) is 5.69 Å². The molecule has 2 aromatic rings. The largest absolute Gasteiger partial charge is 0.310 e. The molecule has 1 aromatic carbocycles. The van der Waals surface area contributed by atoms with Crippen LogP contribution in [0, 0.1) is 18.8 Å². The molecule has 5 heteroatoms. The third-order valence-corrected chi connectivity index (χ3v) is 4.57. The van der Waals surface area contributed by atoms with E-state index in [4.69, 9.17) is 0 Å². The van der Waals surface area contributed by atoms with Gasteiger partial charge in [0.15, 0.2) is 0 Å². The van der Waals surface area contributed by atoms with Gasteiger partial charge in [-0.15, -0.1) is 0 Å². The summed E-state index contributed by atoms with van der Waals surface area (Å²) in [5.74, 6) is 1.52. The van der Waals surface area contributed by atoms with Crippen molar-refractivity contribution < 1.29 is 4.79 Å². The molecule has 0 saturated heterocycles. The molecular formula is C16H18BrN3O. The SMILES string of the molecule is Cc1nn(C)c(NC(=O)C2CC2C)c1-c1ccc(Br)cc1. The monoisotopic (exact) mass is 347 g/mol. The molecule has 0 radical (unpaired) electrons. The number of halogens is 1. The van der Waals surface area contributed by atoms with E-state index >= 15 is 0 Å². The van der Waals surface area contributed by atoms with Crippen LogP contribution in [0.4, 0.5) is 5.82 Å². The summed E-state index contributed by atoms with van der Waals surface area (Å²) in [6.45, 7) is 4.07. The van der Waals surface area contributed by atoms with Crippen molar-refractivity contribution in [1.82, 2.24) is 9.78 Å². The van der Waals surface area contributed by atoms with Crippen LogP contribution in [0.15, 0.2) is 28.7 Å². The van der Waals surface area contributed by atoms with Crippen LogP contribution in [0.5, 0.6) is 0 Å². The zero-order valence-corrected chi connectivity index (χ0v) is 13.9. The Morgan fingerprint density at radius 2 is 2.00 bits per heavy atom. The molecule has 1 N–H and O–H groups in total. The van der Waals surface area contributed by atoms with Crippen molar-refractivity contribution in [1.29, 1.82) is 0 Å². The highest BCUT2D eigenvalue weighted by molar-refractivity contribution is 9.10. The van der Waals surface area contributed by atoms with Crippen molar-refractivity contribution in [3.8, 4) is 11.1 Å². The number of rotatable bonds is 3. The van der Waals surface area contributed by atoms with Crippen LogP contribution < -0.4 is 5.32 Å². The quantitative estimate of drug-likeness (QED) is 0.918. The van der Waals surface area contributed by atoms with Crippen LogP contribution in [0.1, 0.15) is 19.0 Å². The molecule has 1 aromatic heterocycles. The predicted molar refractivity (Wildman–Crippen MR) is 87.0 cm³/mol. The van der Waals surface area contributed by atoms with Crippen LogP contribution >= 0.6 is 15.9 Å². The van der Waals surface area contributed by atoms with E-state index in [2.05, 4.69) is 33.3 Å². The van der Waals surface area contributed by atoms with Gasteiger partial charge in [-0.2, -0.15) is 5.10 Å². The maximum Gasteiger partial charge on any atom is 0.228 e. The van der Waals surface area contributed by atoms with Crippen LogP contribution in [-0.2, 0) is 11.8 Å². The molecule has 2 unspecified atom stereocenters. The first-order valence-electron chi connectivity index (χ1n) is 7.07. The van der Waals surface area contributed by atoms with Gasteiger partial charge in [0, 0.05) is 23.0 Å². The molecule has 3 rings (SSSR count). The first kappa shape index (κ1) is 14.3. The zero-order chi connectivity index (χ0) is 15.1. The van der Waals surface area contributed by atoms with Gasteiger partial charge in [0.1, 0.15) is 5.82 Å². The fourth-order valence-electron chi connectivity index (χ4n) is 2.66. The highest BCUT2D eigenvalue weighted by Crippen LogP contribution is 2.39. The maximum atomic E-state index is 12.2. The Kier molecular flexibility index (Phi) is 3.61. The van der Waals surface area contributed by atoms with Crippen molar-refractivity contribution in [3.05, 3.63) is 34.4 Å². The van der Waals surface area contributed by atoms with Crippen molar-refractivity contribution >= 4 is 27.7 Å². The van der Waals surface area contributed by atoms with Crippen LogP contribution in [0.3, 0.4) is 0 Å². The standard InChI is InChI=1S/C16H18BrN3O/c1-9-8-13(9)16(21)18-15-14(10(2)19-20(15)3)11-4-6-12(17)7-5-11/h4-7,9,13H,8H2,1-3H3,(H,18,21). The van der Waals surface area contributed by atoms with Gasteiger partial charge in [0.2, 0.25) is 5.91 Å². The van der Waals surface area contributed by atoms with E-state index in [9.17, 15) is 4.79 Å². The van der Waals surface area contributed by atoms with Gasteiger partial charge >= 0.3 is 0 Å². The Labute approximate surface area is 132 Å². The van der Waals surface area contributed by atoms with Gasteiger partial charge in [-0.05, 0) is 37.0 Å². The van der Waals surface area contributed by atoms with Crippen LogP contribution in [-0.4, -0.2) is 15.7 Å². The lowest BCUT2D eigenvalue weighted by Gasteiger charge is -2.09. The number of nitrogens with one attached hydrogen (secondary N) is 1. The number of hydrogen-bond donors (Lipinski definition) is 1. The molecule has 0 bridgehead atoms. The van der Waals surface area contributed by atoms with E-state index in [0.29, 0.717) is 5.92 Å². The van der Waals surface area contributed by atoms with Gasteiger partial charge in [0.25, 0.3) is 0 Å². The summed E-state index contributed by atoms with van der Waals surface area (Å²) in [6, 6.07) is 8.06. The van der Waals surface area contributed by atoms with Gasteiger partial charge < -0.3 is 5.32 Å². The Morgan fingerprint density at radius 1 is 1.38 bits per heavy atom. The van der Waals surface area contributed by atoms with E-state index in [1.54, 1.807) is 4.68 Å². The van der Waals surface area contributed by atoms with Gasteiger partial charge in [-0.3, -0.25) is 9.48 Å². The number of aryl methyl sites for hydroxylation is 2. The minimum Gasteiger partial charge on any atom is -0.310 e. The van der Waals surface area contributed by atoms with Crippen LogP contribution in [0.25, 0.3) is 11.1 Å². The van der Waals surface area contributed by atoms with Crippen molar-refractivity contribution in [2.24, 2.45) is 18.9 Å².